The number of ketones is 1. The van der Waals surface area contributed by atoms with Crippen molar-refractivity contribution < 1.29 is 4.79 Å². The molecule has 0 aromatic rings. The first kappa shape index (κ1) is 8.31. The Morgan fingerprint density at radius 3 is 2.50 bits per heavy atom. The number of carbonyl (C=O) groups excluding carboxylic acids is 1. The topological polar surface area (TPSA) is 17.1 Å². The first-order valence-electron chi connectivity index (χ1n) is 4.34. The summed E-state index contributed by atoms with van der Waals surface area (Å²) in [5.74, 6) is 0.380. The highest BCUT2D eigenvalue weighted by molar-refractivity contribution is 6.41. The molecule has 3 rings (SSSR count). The average Bonchev–Trinajstić information content (AvgIpc) is 1.99. The van der Waals surface area contributed by atoms with Gasteiger partial charge in [-0.2, -0.15) is 0 Å². The van der Waals surface area contributed by atoms with Gasteiger partial charge in [-0.15, -0.1) is 11.6 Å². The summed E-state index contributed by atoms with van der Waals surface area (Å²) in [4.78, 5) is 10.9. The SMILES string of the molecule is C=C1CC[C@H]2C(=O)[C@]1(Cl)C2(C)C. The third kappa shape index (κ3) is 0.576. The van der Waals surface area contributed by atoms with Gasteiger partial charge in [0.25, 0.3) is 0 Å². The molecule has 0 aromatic heterocycles. The molecular formula is C10H13ClO. The van der Waals surface area contributed by atoms with Gasteiger partial charge in [0.2, 0.25) is 0 Å². The molecular weight excluding hydrogens is 172 g/mol. The minimum absolute atomic E-state index is 0.0685. The number of hydrogen-bond donors (Lipinski definition) is 0. The molecule has 3 fully saturated rings. The van der Waals surface area contributed by atoms with Crippen LogP contribution in [-0.4, -0.2) is 10.7 Å². The van der Waals surface area contributed by atoms with Crippen LogP contribution < -0.4 is 0 Å². The van der Waals surface area contributed by atoms with Crippen molar-refractivity contribution in [2.75, 3.05) is 0 Å². The summed E-state index contributed by atoms with van der Waals surface area (Å²) < 4.78 is 0. The van der Waals surface area contributed by atoms with E-state index in [-0.39, 0.29) is 17.1 Å². The third-order valence-electron chi connectivity index (χ3n) is 3.64. The minimum atomic E-state index is -0.726. The van der Waals surface area contributed by atoms with E-state index in [4.69, 9.17) is 11.6 Å². The lowest BCUT2D eigenvalue weighted by Gasteiger charge is -2.61. The lowest BCUT2D eigenvalue weighted by Crippen LogP contribution is -2.69. The fourth-order valence-corrected chi connectivity index (χ4v) is 3.02. The number of hydrogen-bond acceptors (Lipinski definition) is 1. The van der Waals surface area contributed by atoms with Crippen LogP contribution in [-0.2, 0) is 4.79 Å². The van der Waals surface area contributed by atoms with E-state index in [1.165, 1.54) is 0 Å². The predicted molar refractivity (Wildman–Crippen MR) is 49.2 cm³/mol. The van der Waals surface area contributed by atoms with Crippen molar-refractivity contribution in [2.45, 2.75) is 31.6 Å². The zero-order valence-corrected chi connectivity index (χ0v) is 8.24. The molecule has 12 heavy (non-hydrogen) atoms. The van der Waals surface area contributed by atoms with Crippen LogP contribution in [0.2, 0.25) is 0 Å². The molecule has 3 saturated carbocycles. The van der Waals surface area contributed by atoms with Gasteiger partial charge in [0.05, 0.1) is 0 Å². The van der Waals surface area contributed by atoms with Gasteiger partial charge in [-0.25, -0.2) is 0 Å². The maximum absolute atomic E-state index is 11.6. The first-order valence-corrected chi connectivity index (χ1v) is 4.71. The van der Waals surface area contributed by atoms with Gasteiger partial charge in [-0.05, 0) is 18.4 Å². The number of carbonyl (C=O) groups is 1. The molecule has 3 aliphatic rings. The summed E-state index contributed by atoms with van der Waals surface area (Å²) in [7, 11) is 0. The quantitative estimate of drug-likeness (QED) is 0.418. The molecule has 2 heteroatoms. The van der Waals surface area contributed by atoms with Gasteiger partial charge in [-0.1, -0.05) is 20.4 Å². The van der Waals surface area contributed by atoms with Crippen LogP contribution >= 0.6 is 11.6 Å². The number of halogens is 1. The molecule has 66 valence electrons. The standard InChI is InChI=1S/C10H13ClO/c1-6-4-5-7-8(12)10(6,11)9(7,2)3/h7H,1,4-5H2,2-3H3/t7-,10-/m0/s1. The second kappa shape index (κ2) is 1.95. The van der Waals surface area contributed by atoms with Gasteiger partial charge >= 0.3 is 0 Å². The summed E-state index contributed by atoms with van der Waals surface area (Å²) >= 11 is 6.28. The molecule has 0 unspecified atom stereocenters. The monoisotopic (exact) mass is 184 g/mol. The Labute approximate surface area is 77.8 Å². The number of fused-ring (bicyclic) bond motifs is 2. The Morgan fingerprint density at radius 2 is 2.17 bits per heavy atom. The van der Waals surface area contributed by atoms with Crippen LogP contribution in [0.15, 0.2) is 12.2 Å². The Morgan fingerprint density at radius 1 is 1.58 bits per heavy atom. The minimum Gasteiger partial charge on any atom is -0.297 e. The van der Waals surface area contributed by atoms with E-state index in [9.17, 15) is 4.79 Å². The van der Waals surface area contributed by atoms with Crippen LogP contribution in [0.25, 0.3) is 0 Å². The Bertz CT molecular complexity index is 270. The third-order valence-corrected chi connectivity index (χ3v) is 4.58. The van der Waals surface area contributed by atoms with E-state index in [1.54, 1.807) is 0 Å². The summed E-state index contributed by atoms with van der Waals surface area (Å²) in [6, 6.07) is 0. The van der Waals surface area contributed by atoms with E-state index in [2.05, 4.69) is 20.4 Å². The van der Waals surface area contributed by atoms with Crippen molar-refractivity contribution in [3.05, 3.63) is 12.2 Å². The Hall–Kier alpha value is -0.300. The van der Waals surface area contributed by atoms with E-state index < -0.39 is 4.87 Å². The predicted octanol–water partition coefficient (Wildman–Crippen LogP) is 2.54. The van der Waals surface area contributed by atoms with E-state index in [0.29, 0.717) is 0 Å². The summed E-state index contributed by atoms with van der Waals surface area (Å²) in [5.41, 5.74) is 0.850. The molecule has 0 radical (unpaired) electrons. The van der Waals surface area contributed by atoms with Gasteiger partial charge in [0, 0.05) is 11.3 Å². The molecule has 0 N–H and O–H groups in total. The van der Waals surface area contributed by atoms with Crippen molar-refractivity contribution in [3.63, 3.8) is 0 Å². The van der Waals surface area contributed by atoms with Crippen LogP contribution in [0.3, 0.4) is 0 Å². The molecule has 0 amide bonds. The number of Topliss-reactive ketones (excluding diaryl/α,β-unsaturated/α-hetero) is 1. The first-order chi connectivity index (χ1) is 5.42. The van der Waals surface area contributed by atoms with E-state index in [0.717, 1.165) is 18.4 Å². The molecule has 2 atom stereocenters. The normalized spacial score (nSPS) is 44.1. The highest BCUT2D eigenvalue weighted by atomic mass is 35.5. The largest absolute Gasteiger partial charge is 0.297 e. The van der Waals surface area contributed by atoms with Gasteiger partial charge in [0.1, 0.15) is 4.87 Å². The second-order valence-corrected chi connectivity index (χ2v) is 5.01. The van der Waals surface area contributed by atoms with Crippen LogP contribution in [0, 0.1) is 11.3 Å². The lowest BCUT2D eigenvalue weighted by molar-refractivity contribution is -0.149. The molecule has 3 aliphatic carbocycles. The van der Waals surface area contributed by atoms with Gasteiger partial charge < -0.3 is 0 Å². The molecule has 0 spiro atoms. The summed E-state index contributed by atoms with van der Waals surface area (Å²) in [6.07, 6.45) is 1.86. The highest BCUT2D eigenvalue weighted by Gasteiger charge is 2.69. The van der Waals surface area contributed by atoms with Crippen molar-refractivity contribution in [2.24, 2.45) is 11.3 Å². The fraction of sp³-hybridized carbons (Fsp3) is 0.700. The van der Waals surface area contributed by atoms with Crippen molar-refractivity contribution >= 4 is 17.4 Å². The zero-order valence-electron chi connectivity index (χ0n) is 7.48. The summed E-state index contributed by atoms with van der Waals surface area (Å²) in [5, 5.41) is 0. The van der Waals surface area contributed by atoms with E-state index in [1.807, 2.05) is 0 Å². The Balaban J connectivity index is 2.49. The average molecular weight is 185 g/mol. The maximum atomic E-state index is 11.6. The number of allylic oxidation sites excluding steroid dienone is 1. The molecule has 0 saturated heterocycles. The number of rotatable bonds is 0. The van der Waals surface area contributed by atoms with Crippen molar-refractivity contribution in [3.8, 4) is 0 Å². The molecule has 0 heterocycles. The fourth-order valence-electron chi connectivity index (χ4n) is 2.66. The van der Waals surface area contributed by atoms with Gasteiger partial charge in [-0.3, -0.25) is 4.79 Å². The molecule has 1 nitrogen and oxygen atoms in total. The maximum Gasteiger partial charge on any atom is 0.162 e. The van der Waals surface area contributed by atoms with Crippen LogP contribution in [0.4, 0.5) is 0 Å². The van der Waals surface area contributed by atoms with Crippen molar-refractivity contribution in [1.82, 2.24) is 0 Å². The molecule has 0 aliphatic heterocycles. The molecule has 0 aromatic carbocycles. The molecule has 2 bridgehead atoms. The lowest BCUT2D eigenvalue weighted by atomic mass is 9.46. The highest BCUT2D eigenvalue weighted by Crippen LogP contribution is 2.64. The van der Waals surface area contributed by atoms with E-state index >= 15 is 0 Å². The zero-order chi connectivity index (χ0) is 9.15. The summed E-state index contributed by atoms with van der Waals surface area (Å²) in [6.45, 7) is 8.03. The van der Waals surface area contributed by atoms with Gasteiger partial charge in [0.15, 0.2) is 5.78 Å². The number of alkyl halides is 1. The Kier molecular flexibility index (Phi) is 1.35. The smallest absolute Gasteiger partial charge is 0.162 e. The van der Waals surface area contributed by atoms with Crippen molar-refractivity contribution in [1.29, 1.82) is 0 Å². The van der Waals surface area contributed by atoms with Crippen LogP contribution in [0.5, 0.6) is 0 Å². The second-order valence-electron chi connectivity index (χ2n) is 4.44. The van der Waals surface area contributed by atoms with Crippen LogP contribution in [0.1, 0.15) is 26.7 Å².